The van der Waals surface area contributed by atoms with Gasteiger partial charge in [-0.1, -0.05) is 22.5 Å². The number of allylic oxidation sites excluding steroid dienone is 1. The second kappa shape index (κ2) is 3.88. The summed E-state index contributed by atoms with van der Waals surface area (Å²) in [6.45, 7) is 7.46. The molecule has 0 radical (unpaired) electrons. The van der Waals surface area contributed by atoms with Crippen LogP contribution in [-0.2, 0) is 0 Å². The van der Waals surface area contributed by atoms with Gasteiger partial charge in [0.2, 0.25) is 0 Å². The van der Waals surface area contributed by atoms with E-state index in [2.05, 4.69) is 22.5 Å². The van der Waals surface area contributed by atoms with Crippen molar-refractivity contribution in [3.05, 3.63) is 46.0 Å². The molecule has 0 amide bonds. The normalized spacial score (nSPS) is 9.77. The number of rotatable bonds is 2. The Balaban J connectivity index is 3.31. The molecule has 68 valence electrons. The van der Waals surface area contributed by atoms with Crippen molar-refractivity contribution >= 4 is 21.7 Å². The molecule has 0 aliphatic rings. The Bertz CT molecular complexity index is 367. The van der Waals surface area contributed by atoms with Gasteiger partial charge >= 0.3 is 0 Å². The van der Waals surface area contributed by atoms with Crippen LogP contribution in [0.5, 0.6) is 0 Å². The van der Waals surface area contributed by atoms with Gasteiger partial charge in [-0.05, 0) is 43.2 Å². The number of carbonyl (C=O) groups is 1. The van der Waals surface area contributed by atoms with Gasteiger partial charge < -0.3 is 0 Å². The maximum Gasteiger partial charge on any atom is 0.186 e. The first-order chi connectivity index (χ1) is 6.06. The Kier molecular flexibility index (Phi) is 3.04. The van der Waals surface area contributed by atoms with Crippen LogP contribution in [0.15, 0.2) is 29.3 Å². The summed E-state index contributed by atoms with van der Waals surface area (Å²) in [7, 11) is 0. The molecule has 1 aromatic carbocycles. The lowest BCUT2D eigenvalue weighted by molar-refractivity contribution is 0.104. The lowest BCUT2D eigenvalue weighted by Crippen LogP contribution is -1.97. The Labute approximate surface area is 86.6 Å². The standard InChI is InChI=1S/C11H11BrO/c1-4-11(13)9-5-7(2)8(3)6-10(9)12/h4-6H,1H2,2-3H3. The molecule has 0 heterocycles. The number of hydrogen-bond acceptors (Lipinski definition) is 1. The van der Waals surface area contributed by atoms with Crippen molar-refractivity contribution in [1.29, 1.82) is 0 Å². The molecule has 1 aromatic rings. The second-order valence-corrected chi connectivity index (χ2v) is 3.84. The minimum absolute atomic E-state index is 0.0463. The summed E-state index contributed by atoms with van der Waals surface area (Å²) >= 11 is 3.35. The summed E-state index contributed by atoms with van der Waals surface area (Å²) in [5.41, 5.74) is 2.97. The first kappa shape index (κ1) is 10.2. The van der Waals surface area contributed by atoms with Crippen LogP contribution in [0.4, 0.5) is 0 Å². The number of carbonyl (C=O) groups excluding carboxylic acids is 1. The second-order valence-electron chi connectivity index (χ2n) is 2.98. The quantitative estimate of drug-likeness (QED) is 0.570. The van der Waals surface area contributed by atoms with Gasteiger partial charge in [0.15, 0.2) is 5.78 Å². The topological polar surface area (TPSA) is 17.1 Å². The predicted octanol–water partition coefficient (Wildman–Crippen LogP) is 3.43. The maximum absolute atomic E-state index is 11.3. The molecule has 0 saturated heterocycles. The van der Waals surface area contributed by atoms with E-state index in [1.165, 1.54) is 11.6 Å². The summed E-state index contributed by atoms with van der Waals surface area (Å²) in [5.74, 6) is -0.0463. The number of aryl methyl sites for hydroxylation is 2. The average molecular weight is 239 g/mol. The third kappa shape index (κ3) is 2.07. The molecule has 1 rings (SSSR count). The van der Waals surface area contributed by atoms with Crippen molar-refractivity contribution in [3.63, 3.8) is 0 Å². The van der Waals surface area contributed by atoms with Gasteiger partial charge in [0.05, 0.1) is 0 Å². The highest BCUT2D eigenvalue weighted by Gasteiger charge is 2.07. The molecule has 0 fully saturated rings. The maximum atomic E-state index is 11.3. The van der Waals surface area contributed by atoms with Crippen molar-refractivity contribution in [1.82, 2.24) is 0 Å². The van der Waals surface area contributed by atoms with Crippen LogP contribution in [0, 0.1) is 13.8 Å². The highest BCUT2D eigenvalue weighted by Crippen LogP contribution is 2.21. The molecule has 0 bridgehead atoms. The largest absolute Gasteiger partial charge is 0.289 e. The van der Waals surface area contributed by atoms with Crippen molar-refractivity contribution in [2.75, 3.05) is 0 Å². The number of halogens is 1. The molecule has 0 spiro atoms. The minimum Gasteiger partial charge on any atom is -0.289 e. The molecule has 0 aliphatic heterocycles. The summed E-state index contributed by atoms with van der Waals surface area (Å²) in [4.78, 5) is 11.3. The highest BCUT2D eigenvalue weighted by molar-refractivity contribution is 9.10. The fraction of sp³-hybridized carbons (Fsp3) is 0.182. The van der Waals surface area contributed by atoms with Crippen molar-refractivity contribution in [2.45, 2.75) is 13.8 Å². The van der Waals surface area contributed by atoms with E-state index in [0.717, 1.165) is 10.0 Å². The third-order valence-electron chi connectivity index (χ3n) is 2.03. The molecule has 0 N–H and O–H groups in total. The Morgan fingerprint density at radius 1 is 1.38 bits per heavy atom. The van der Waals surface area contributed by atoms with Crippen LogP contribution in [0.25, 0.3) is 0 Å². The Morgan fingerprint density at radius 2 is 1.92 bits per heavy atom. The van der Waals surface area contributed by atoms with E-state index in [1.807, 2.05) is 26.0 Å². The fourth-order valence-electron chi connectivity index (χ4n) is 1.08. The molecule has 0 unspecified atom stereocenters. The molecule has 0 saturated carbocycles. The van der Waals surface area contributed by atoms with Crippen LogP contribution in [0.2, 0.25) is 0 Å². The van der Waals surface area contributed by atoms with Gasteiger partial charge in [0.25, 0.3) is 0 Å². The Morgan fingerprint density at radius 3 is 2.46 bits per heavy atom. The number of ketones is 1. The van der Waals surface area contributed by atoms with Crippen molar-refractivity contribution in [3.8, 4) is 0 Å². The summed E-state index contributed by atoms with van der Waals surface area (Å²) in [6, 6.07) is 3.83. The average Bonchev–Trinajstić information content (AvgIpc) is 2.10. The van der Waals surface area contributed by atoms with Gasteiger partial charge in [-0.15, -0.1) is 0 Å². The number of benzene rings is 1. The van der Waals surface area contributed by atoms with Crippen molar-refractivity contribution in [2.24, 2.45) is 0 Å². The predicted molar refractivity (Wildman–Crippen MR) is 58.1 cm³/mol. The monoisotopic (exact) mass is 238 g/mol. The molecule has 2 heteroatoms. The summed E-state index contributed by atoms with van der Waals surface area (Å²) in [6.07, 6.45) is 1.33. The van der Waals surface area contributed by atoms with Gasteiger partial charge in [-0.25, -0.2) is 0 Å². The Hall–Kier alpha value is -0.890. The first-order valence-electron chi connectivity index (χ1n) is 3.99. The summed E-state index contributed by atoms with van der Waals surface area (Å²) < 4.78 is 0.834. The molecule has 0 aliphatic carbocycles. The third-order valence-corrected chi connectivity index (χ3v) is 2.69. The number of hydrogen-bond donors (Lipinski definition) is 0. The van der Waals surface area contributed by atoms with Crippen LogP contribution in [0.1, 0.15) is 21.5 Å². The molecule has 0 atom stereocenters. The molecule has 13 heavy (non-hydrogen) atoms. The van der Waals surface area contributed by atoms with E-state index in [9.17, 15) is 4.79 Å². The summed E-state index contributed by atoms with van der Waals surface area (Å²) in [5, 5.41) is 0. The molecular weight excluding hydrogens is 228 g/mol. The minimum atomic E-state index is -0.0463. The van der Waals surface area contributed by atoms with Gasteiger partial charge in [-0.2, -0.15) is 0 Å². The van der Waals surface area contributed by atoms with Gasteiger partial charge in [0.1, 0.15) is 0 Å². The van der Waals surface area contributed by atoms with E-state index in [0.29, 0.717) is 5.56 Å². The molecule has 0 aromatic heterocycles. The van der Waals surface area contributed by atoms with E-state index in [1.54, 1.807) is 0 Å². The van der Waals surface area contributed by atoms with Gasteiger partial charge in [0, 0.05) is 10.0 Å². The molecule has 1 nitrogen and oxygen atoms in total. The van der Waals surface area contributed by atoms with E-state index < -0.39 is 0 Å². The van der Waals surface area contributed by atoms with Gasteiger partial charge in [-0.3, -0.25) is 4.79 Å². The zero-order valence-electron chi connectivity index (χ0n) is 7.73. The zero-order chi connectivity index (χ0) is 10.0. The lowest BCUT2D eigenvalue weighted by atomic mass is 10.0. The van der Waals surface area contributed by atoms with Crippen LogP contribution in [-0.4, -0.2) is 5.78 Å². The molecular formula is C11H11BrO. The lowest BCUT2D eigenvalue weighted by Gasteiger charge is -2.05. The zero-order valence-corrected chi connectivity index (χ0v) is 9.31. The van der Waals surface area contributed by atoms with Crippen molar-refractivity contribution < 1.29 is 4.79 Å². The smallest absolute Gasteiger partial charge is 0.186 e. The fourth-order valence-corrected chi connectivity index (χ4v) is 1.73. The van der Waals surface area contributed by atoms with E-state index in [4.69, 9.17) is 0 Å². The van der Waals surface area contributed by atoms with Crippen LogP contribution >= 0.6 is 15.9 Å². The highest BCUT2D eigenvalue weighted by atomic mass is 79.9. The van der Waals surface area contributed by atoms with E-state index in [-0.39, 0.29) is 5.78 Å². The SMILES string of the molecule is C=CC(=O)c1cc(C)c(C)cc1Br. The van der Waals surface area contributed by atoms with E-state index >= 15 is 0 Å². The first-order valence-corrected chi connectivity index (χ1v) is 4.79. The van der Waals surface area contributed by atoms with Crippen LogP contribution < -0.4 is 0 Å². The van der Waals surface area contributed by atoms with Crippen LogP contribution in [0.3, 0.4) is 0 Å².